The van der Waals surface area contributed by atoms with E-state index in [-0.39, 0.29) is 11.7 Å². The van der Waals surface area contributed by atoms with Crippen LogP contribution in [-0.4, -0.2) is 23.4 Å². The average Bonchev–Trinajstić information content (AvgIpc) is 2.67. The molecule has 19 heavy (non-hydrogen) atoms. The molecule has 0 fully saturated rings. The first-order chi connectivity index (χ1) is 9.00. The minimum absolute atomic E-state index is 0.0698. The lowest BCUT2D eigenvalue weighted by Crippen LogP contribution is -2.24. The van der Waals surface area contributed by atoms with Gasteiger partial charge in [-0.1, -0.05) is 19.1 Å². The zero-order valence-corrected chi connectivity index (χ0v) is 12.2. The fourth-order valence-electron chi connectivity index (χ4n) is 2.48. The van der Waals surface area contributed by atoms with Gasteiger partial charge >= 0.3 is 0 Å². The molecule has 106 valence electrons. The molecule has 1 aliphatic rings. The van der Waals surface area contributed by atoms with Crippen molar-refractivity contribution in [2.45, 2.75) is 58.3 Å². The Hall–Kier alpha value is -1.06. The van der Waals surface area contributed by atoms with Crippen LogP contribution in [0.4, 0.5) is 0 Å². The van der Waals surface area contributed by atoms with Crippen LogP contribution in [0.2, 0.25) is 0 Å². The standard InChI is InChI=1S/C16H25NO2/c1-4-14(18)7-8-17-11-12-5-6-15-13(9-12)10-16(2,3)19-15/h5-6,9,14,17-18H,4,7-8,10-11H2,1-3H3. The van der Waals surface area contributed by atoms with E-state index in [1.807, 2.05) is 6.92 Å². The fourth-order valence-corrected chi connectivity index (χ4v) is 2.48. The Bertz CT molecular complexity index is 429. The van der Waals surface area contributed by atoms with Gasteiger partial charge in [-0.2, -0.15) is 0 Å². The Morgan fingerprint density at radius 3 is 2.95 bits per heavy atom. The molecule has 0 aromatic heterocycles. The summed E-state index contributed by atoms with van der Waals surface area (Å²) < 4.78 is 5.87. The van der Waals surface area contributed by atoms with E-state index >= 15 is 0 Å². The van der Waals surface area contributed by atoms with Gasteiger partial charge in [0.2, 0.25) is 0 Å². The molecule has 1 aromatic rings. The first-order valence-electron chi connectivity index (χ1n) is 7.20. The number of benzene rings is 1. The van der Waals surface area contributed by atoms with Crippen molar-refractivity contribution in [3.63, 3.8) is 0 Å². The average molecular weight is 263 g/mol. The van der Waals surface area contributed by atoms with Crippen molar-refractivity contribution < 1.29 is 9.84 Å². The smallest absolute Gasteiger partial charge is 0.123 e. The molecule has 0 saturated carbocycles. The van der Waals surface area contributed by atoms with Crippen LogP contribution in [0.1, 0.15) is 44.7 Å². The summed E-state index contributed by atoms with van der Waals surface area (Å²) in [6.07, 6.45) is 2.44. The minimum atomic E-state index is -0.179. The maximum absolute atomic E-state index is 9.48. The Morgan fingerprint density at radius 1 is 1.42 bits per heavy atom. The summed E-state index contributed by atoms with van der Waals surface area (Å²) in [7, 11) is 0. The number of hydrogen-bond donors (Lipinski definition) is 2. The molecule has 1 aromatic carbocycles. The second-order valence-electron chi connectivity index (χ2n) is 6.01. The maximum atomic E-state index is 9.48. The third-order valence-electron chi connectivity index (χ3n) is 3.58. The zero-order valence-electron chi connectivity index (χ0n) is 12.2. The van der Waals surface area contributed by atoms with Gasteiger partial charge in [0.25, 0.3) is 0 Å². The second-order valence-corrected chi connectivity index (χ2v) is 6.01. The molecule has 3 nitrogen and oxygen atoms in total. The molecule has 2 rings (SSSR count). The molecule has 0 amide bonds. The summed E-state index contributed by atoms with van der Waals surface area (Å²) in [5.41, 5.74) is 2.52. The fraction of sp³-hybridized carbons (Fsp3) is 0.625. The van der Waals surface area contributed by atoms with Gasteiger partial charge in [0.15, 0.2) is 0 Å². The van der Waals surface area contributed by atoms with E-state index in [1.165, 1.54) is 11.1 Å². The van der Waals surface area contributed by atoms with Crippen LogP contribution in [0.25, 0.3) is 0 Å². The quantitative estimate of drug-likeness (QED) is 0.775. The molecule has 1 heterocycles. The van der Waals surface area contributed by atoms with E-state index in [1.54, 1.807) is 0 Å². The van der Waals surface area contributed by atoms with Crippen molar-refractivity contribution in [1.82, 2.24) is 5.32 Å². The molecule has 0 bridgehead atoms. The second kappa shape index (κ2) is 5.93. The third kappa shape index (κ3) is 3.95. The number of rotatable bonds is 6. The summed E-state index contributed by atoms with van der Waals surface area (Å²) in [4.78, 5) is 0. The van der Waals surface area contributed by atoms with Crippen molar-refractivity contribution in [2.24, 2.45) is 0 Å². The van der Waals surface area contributed by atoms with Crippen LogP contribution in [0.3, 0.4) is 0 Å². The van der Waals surface area contributed by atoms with E-state index < -0.39 is 0 Å². The van der Waals surface area contributed by atoms with Crippen LogP contribution in [0.15, 0.2) is 18.2 Å². The van der Waals surface area contributed by atoms with E-state index in [4.69, 9.17) is 4.74 Å². The summed E-state index contributed by atoms with van der Waals surface area (Å²) >= 11 is 0. The lowest BCUT2D eigenvalue weighted by Gasteiger charge is -2.16. The molecule has 1 atom stereocenters. The number of hydrogen-bond acceptors (Lipinski definition) is 3. The predicted molar refractivity (Wildman–Crippen MR) is 77.5 cm³/mol. The van der Waals surface area contributed by atoms with Gasteiger partial charge in [0, 0.05) is 13.0 Å². The van der Waals surface area contributed by atoms with Gasteiger partial charge in [-0.25, -0.2) is 0 Å². The van der Waals surface area contributed by atoms with Gasteiger partial charge in [-0.3, -0.25) is 0 Å². The Labute approximate surface area is 116 Å². The number of aliphatic hydroxyl groups is 1. The van der Waals surface area contributed by atoms with Crippen molar-refractivity contribution >= 4 is 0 Å². The lowest BCUT2D eigenvalue weighted by molar-refractivity contribution is 0.138. The highest BCUT2D eigenvalue weighted by molar-refractivity contribution is 5.41. The van der Waals surface area contributed by atoms with E-state index in [2.05, 4.69) is 37.4 Å². The van der Waals surface area contributed by atoms with E-state index in [9.17, 15) is 5.11 Å². The zero-order chi connectivity index (χ0) is 13.9. The first kappa shape index (κ1) is 14.4. The molecular formula is C16H25NO2. The molecule has 0 radical (unpaired) electrons. The van der Waals surface area contributed by atoms with Crippen molar-refractivity contribution in [3.05, 3.63) is 29.3 Å². The van der Waals surface area contributed by atoms with Gasteiger partial charge in [0.05, 0.1) is 6.10 Å². The number of fused-ring (bicyclic) bond motifs is 1. The molecule has 3 heteroatoms. The van der Waals surface area contributed by atoms with Gasteiger partial charge in [0.1, 0.15) is 11.4 Å². The van der Waals surface area contributed by atoms with Crippen LogP contribution < -0.4 is 10.1 Å². The summed E-state index contributed by atoms with van der Waals surface area (Å²) in [5, 5.41) is 12.9. The molecule has 2 N–H and O–H groups in total. The number of nitrogens with one attached hydrogen (secondary N) is 1. The van der Waals surface area contributed by atoms with E-state index in [0.29, 0.717) is 0 Å². The summed E-state index contributed by atoms with van der Waals surface area (Å²) in [6, 6.07) is 6.42. The Balaban J connectivity index is 1.83. The molecule has 0 spiro atoms. The van der Waals surface area contributed by atoms with Gasteiger partial charge < -0.3 is 15.2 Å². The highest BCUT2D eigenvalue weighted by atomic mass is 16.5. The topological polar surface area (TPSA) is 41.5 Å². The van der Waals surface area contributed by atoms with Crippen molar-refractivity contribution in [1.29, 1.82) is 0 Å². The first-order valence-corrected chi connectivity index (χ1v) is 7.20. The van der Waals surface area contributed by atoms with Crippen molar-refractivity contribution in [2.75, 3.05) is 6.54 Å². The highest BCUT2D eigenvalue weighted by Crippen LogP contribution is 2.35. The predicted octanol–water partition coefficient (Wildman–Crippen LogP) is 2.65. The van der Waals surface area contributed by atoms with Crippen LogP contribution >= 0.6 is 0 Å². The normalized spacial score (nSPS) is 17.9. The number of aliphatic hydroxyl groups excluding tert-OH is 1. The largest absolute Gasteiger partial charge is 0.487 e. The summed E-state index contributed by atoms with van der Waals surface area (Å²) in [6.45, 7) is 7.96. The maximum Gasteiger partial charge on any atom is 0.123 e. The van der Waals surface area contributed by atoms with Crippen molar-refractivity contribution in [3.8, 4) is 5.75 Å². The number of ether oxygens (including phenoxy) is 1. The van der Waals surface area contributed by atoms with Crippen LogP contribution in [0, 0.1) is 0 Å². The van der Waals surface area contributed by atoms with Crippen LogP contribution in [-0.2, 0) is 13.0 Å². The monoisotopic (exact) mass is 263 g/mol. The minimum Gasteiger partial charge on any atom is -0.487 e. The SMILES string of the molecule is CCC(O)CCNCc1ccc2c(c1)CC(C)(C)O2. The Morgan fingerprint density at radius 2 is 2.21 bits per heavy atom. The molecular weight excluding hydrogens is 238 g/mol. The van der Waals surface area contributed by atoms with Gasteiger partial charge in [-0.05, 0) is 50.4 Å². The molecule has 0 saturated heterocycles. The molecule has 1 aliphatic heterocycles. The Kier molecular flexibility index (Phi) is 4.48. The molecule has 0 aliphatic carbocycles. The summed E-state index contributed by atoms with van der Waals surface area (Å²) in [5.74, 6) is 1.02. The highest BCUT2D eigenvalue weighted by Gasteiger charge is 2.29. The lowest BCUT2D eigenvalue weighted by atomic mass is 10.0. The third-order valence-corrected chi connectivity index (χ3v) is 3.58. The van der Waals surface area contributed by atoms with Gasteiger partial charge in [-0.15, -0.1) is 0 Å². The van der Waals surface area contributed by atoms with E-state index in [0.717, 1.165) is 38.1 Å². The van der Waals surface area contributed by atoms with Crippen LogP contribution in [0.5, 0.6) is 5.75 Å². The molecule has 1 unspecified atom stereocenters.